The zero-order chi connectivity index (χ0) is 19.2. The number of rotatable bonds is 7. The van der Waals surface area contributed by atoms with Crippen molar-refractivity contribution in [2.24, 2.45) is 0 Å². The van der Waals surface area contributed by atoms with E-state index < -0.39 is 0 Å². The van der Waals surface area contributed by atoms with Gasteiger partial charge in [-0.2, -0.15) is 0 Å². The monoisotopic (exact) mass is 386 g/mol. The number of carbonyl (C=O) groups excluding carboxylic acids is 1. The van der Waals surface area contributed by atoms with Crippen LogP contribution in [-0.2, 0) is 6.42 Å². The van der Waals surface area contributed by atoms with Gasteiger partial charge in [0, 0.05) is 23.9 Å². The zero-order valence-electron chi connectivity index (χ0n) is 15.0. The van der Waals surface area contributed by atoms with E-state index in [2.05, 4.69) is 10.3 Å². The Kier molecular flexibility index (Phi) is 6.03. The number of amides is 1. The van der Waals surface area contributed by atoms with Crippen LogP contribution < -0.4 is 14.8 Å². The molecule has 1 aromatic heterocycles. The predicted molar refractivity (Wildman–Crippen MR) is 103 cm³/mol. The summed E-state index contributed by atoms with van der Waals surface area (Å²) in [7, 11) is 3.02. The van der Waals surface area contributed by atoms with Crippen molar-refractivity contribution in [2.45, 2.75) is 6.42 Å². The van der Waals surface area contributed by atoms with Crippen molar-refractivity contribution in [3.05, 3.63) is 64.9 Å². The second-order valence-corrected chi connectivity index (χ2v) is 6.56. The third kappa shape index (κ3) is 4.43. The molecular weight excluding hydrogens is 367 g/mol. The molecule has 27 heavy (non-hydrogen) atoms. The standard InChI is InChI=1S/C20H19FN2O3S/c1-25-17-8-4-7-16(18(17)26-2)19(24)22-10-9-15-12-27-20(23-15)13-5-3-6-14(21)11-13/h3-8,11-12H,9-10H2,1-2H3,(H,22,24). The maximum absolute atomic E-state index is 13.3. The lowest BCUT2D eigenvalue weighted by Gasteiger charge is -2.12. The fourth-order valence-electron chi connectivity index (χ4n) is 2.64. The highest BCUT2D eigenvalue weighted by Crippen LogP contribution is 2.30. The van der Waals surface area contributed by atoms with E-state index in [-0.39, 0.29) is 11.7 Å². The molecule has 1 heterocycles. The number of aromatic nitrogens is 1. The van der Waals surface area contributed by atoms with Crippen molar-refractivity contribution in [1.29, 1.82) is 0 Å². The summed E-state index contributed by atoms with van der Waals surface area (Å²) in [4.78, 5) is 16.9. The maximum atomic E-state index is 13.3. The quantitative estimate of drug-likeness (QED) is 0.668. The first-order chi connectivity index (χ1) is 13.1. The topological polar surface area (TPSA) is 60.5 Å². The van der Waals surface area contributed by atoms with E-state index in [0.717, 1.165) is 16.3 Å². The smallest absolute Gasteiger partial charge is 0.255 e. The number of nitrogens with zero attached hydrogens (tertiary/aromatic N) is 1. The lowest BCUT2D eigenvalue weighted by atomic mass is 10.1. The van der Waals surface area contributed by atoms with Crippen LogP contribution in [-0.4, -0.2) is 31.7 Å². The Morgan fingerprint density at radius 2 is 2.00 bits per heavy atom. The minimum atomic E-state index is -0.288. The Morgan fingerprint density at radius 3 is 2.74 bits per heavy atom. The van der Waals surface area contributed by atoms with E-state index in [0.29, 0.717) is 30.0 Å². The first-order valence-electron chi connectivity index (χ1n) is 8.32. The highest BCUT2D eigenvalue weighted by atomic mass is 32.1. The van der Waals surface area contributed by atoms with Crippen molar-refractivity contribution in [3.63, 3.8) is 0 Å². The Balaban J connectivity index is 1.61. The molecule has 0 saturated carbocycles. The summed E-state index contributed by atoms with van der Waals surface area (Å²) in [5.74, 6) is 0.374. The molecule has 0 unspecified atom stereocenters. The summed E-state index contributed by atoms with van der Waals surface area (Å²) in [5, 5.41) is 5.53. The van der Waals surface area contributed by atoms with Gasteiger partial charge < -0.3 is 14.8 Å². The van der Waals surface area contributed by atoms with E-state index in [4.69, 9.17) is 9.47 Å². The van der Waals surface area contributed by atoms with E-state index in [9.17, 15) is 9.18 Å². The molecule has 0 bridgehead atoms. The highest BCUT2D eigenvalue weighted by molar-refractivity contribution is 7.13. The van der Waals surface area contributed by atoms with Gasteiger partial charge >= 0.3 is 0 Å². The molecule has 1 N–H and O–H groups in total. The molecule has 0 aliphatic heterocycles. The van der Waals surface area contributed by atoms with Gasteiger partial charge in [0.1, 0.15) is 10.8 Å². The SMILES string of the molecule is COc1cccc(C(=O)NCCc2csc(-c3cccc(F)c3)n2)c1OC. The summed E-state index contributed by atoms with van der Waals surface area (Å²) in [6.45, 7) is 0.422. The van der Waals surface area contributed by atoms with Gasteiger partial charge in [-0.05, 0) is 24.3 Å². The number of hydrogen-bond donors (Lipinski definition) is 1. The fourth-order valence-corrected chi connectivity index (χ4v) is 3.49. The molecule has 5 nitrogen and oxygen atoms in total. The number of halogens is 1. The van der Waals surface area contributed by atoms with Gasteiger partial charge in [-0.3, -0.25) is 4.79 Å². The van der Waals surface area contributed by atoms with Crippen LogP contribution in [0.3, 0.4) is 0 Å². The third-order valence-corrected chi connectivity index (χ3v) is 4.88. The third-order valence-electron chi connectivity index (χ3n) is 3.94. The van der Waals surface area contributed by atoms with E-state index in [1.807, 2.05) is 11.4 Å². The van der Waals surface area contributed by atoms with Crippen molar-refractivity contribution in [1.82, 2.24) is 10.3 Å². The molecule has 3 rings (SSSR count). The average molecular weight is 386 g/mol. The van der Waals surface area contributed by atoms with Crippen LogP contribution in [0.25, 0.3) is 10.6 Å². The normalized spacial score (nSPS) is 10.5. The average Bonchev–Trinajstić information content (AvgIpc) is 3.16. The van der Waals surface area contributed by atoms with E-state index in [1.165, 1.54) is 37.7 Å². The Hall–Kier alpha value is -2.93. The van der Waals surface area contributed by atoms with Crippen LogP contribution in [0.5, 0.6) is 11.5 Å². The molecule has 0 aliphatic carbocycles. The molecule has 0 fully saturated rings. The molecule has 140 valence electrons. The lowest BCUT2D eigenvalue weighted by Crippen LogP contribution is -2.26. The second-order valence-electron chi connectivity index (χ2n) is 5.70. The number of para-hydroxylation sites is 1. The molecule has 0 radical (unpaired) electrons. The molecule has 2 aromatic carbocycles. The second kappa shape index (κ2) is 8.64. The summed E-state index contributed by atoms with van der Waals surface area (Å²) >= 11 is 1.45. The molecule has 7 heteroatoms. The van der Waals surface area contributed by atoms with Crippen LogP contribution in [0.2, 0.25) is 0 Å². The van der Waals surface area contributed by atoms with Gasteiger partial charge in [0.25, 0.3) is 5.91 Å². The Labute approximate surface area is 160 Å². The first-order valence-corrected chi connectivity index (χ1v) is 9.20. The first kappa shape index (κ1) is 18.8. The summed E-state index contributed by atoms with van der Waals surface area (Å²) < 4.78 is 23.8. The number of carbonyl (C=O) groups is 1. The predicted octanol–water partition coefficient (Wildman–Crippen LogP) is 3.94. The molecule has 0 saturated heterocycles. The van der Waals surface area contributed by atoms with Crippen LogP contribution >= 0.6 is 11.3 Å². The Bertz CT molecular complexity index is 942. The zero-order valence-corrected chi connectivity index (χ0v) is 15.8. The number of benzene rings is 2. The van der Waals surface area contributed by atoms with Gasteiger partial charge in [0.15, 0.2) is 11.5 Å². The largest absolute Gasteiger partial charge is 0.493 e. The van der Waals surface area contributed by atoms with Crippen LogP contribution in [0.1, 0.15) is 16.1 Å². The van der Waals surface area contributed by atoms with Gasteiger partial charge in [0.05, 0.1) is 25.5 Å². The summed E-state index contributed by atoms with van der Waals surface area (Å²) in [6.07, 6.45) is 0.573. The fraction of sp³-hybridized carbons (Fsp3) is 0.200. The Morgan fingerprint density at radius 1 is 1.19 bits per heavy atom. The van der Waals surface area contributed by atoms with Crippen molar-refractivity contribution >= 4 is 17.2 Å². The number of nitrogens with one attached hydrogen (secondary N) is 1. The highest BCUT2D eigenvalue weighted by Gasteiger charge is 2.16. The molecule has 1 amide bonds. The number of thiazole rings is 1. The molecule has 0 atom stereocenters. The van der Waals surface area contributed by atoms with Crippen LogP contribution in [0, 0.1) is 5.82 Å². The number of methoxy groups -OCH3 is 2. The van der Waals surface area contributed by atoms with Crippen LogP contribution in [0.15, 0.2) is 47.8 Å². The molecule has 3 aromatic rings. The number of hydrogen-bond acceptors (Lipinski definition) is 5. The van der Waals surface area contributed by atoms with Crippen molar-refractivity contribution < 1.29 is 18.7 Å². The molecular formula is C20H19FN2O3S. The van der Waals surface area contributed by atoms with Gasteiger partial charge in [-0.15, -0.1) is 11.3 Å². The maximum Gasteiger partial charge on any atom is 0.255 e. The molecule has 0 spiro atoms. The number of ether oxygens (including phenoxy) is 2. The van der Waals surface area contributed by atoms with Crippen LogP contribution in [0.4, 0.5) is 4.39 Å². The minimum Gasteiger partial charge on any atom is -0.493 e. The minimum absolute atomic E-state index is 0.244. The van der Waals surface area contributed by atoms with Crippen molar-refractivity contribution in [3.8, 4) is 22.1 Å². The van der Waals surface area contributed by atoms with E-state index >= 15 is 0 Å². The van der Waals surface area contributed by atoms with Crippen molar-refractivity contribution in [2.75, 3.05) is 20.8 Å². The van der Waals surface area contributed by atoms with Gasteiger partial charge in [-0.1, -0.05) is 18.2 Å². The van der Waals surface area contributed by atoms with Gasteiger partial charge in [0.2, 0.25) is 0 Å². The summed E-state index contributed by atoms with van der Waals surface area (Å²) in [6, 6.07) is 11.5. The molecule has 0 aliphatic rings. The lowest BCUT2D eigenvalue weighted by molar-refractivity contribution is 0.0950. The summed E-state index contributed by atoms with van der Waals surface area (Å²) in [5.41, 5.74) is 2.00. The van der Waals surface area contributed by atoms with Gasteiger partial charge in [-0.25, -0.2) is 9.37 Å². The van der Waals surface area contributed by atoms with E-state index in [1.54, 1.807) is 24.3 Å².